The molecule has 3 rings (SSSR count). The van der Waals surface area contributed by atoms with Gasteiger partial charge in [0, 0.05) is 44.9 Å². The predicted molar refractivity (Wildman–Crippen MR) is 138 cm³/mol. The lowest BCUT2D eigenvalue weighted by Gasteiger charge is -2.36. The van der Waals surface area contributed by atoms with Crippen molar-refractivity contribution < 1.29 is 4.74 Å². The molecular weight excluding hydrogens is 487 g/mol. The quantitative estimate of drug-likeness (QED) is 0.178. The first-order valence-electron chi connectivity index (χ1n) is 12.8. The van der Waals surface area contributed by atoms with Crippen LogP contribution in [0, 0.1) is 0 Å². The lowest BCUT2D eigenvalue weighted by molar-refractivity contribution is 0.0264. The molecule has 2 saturated carbocycles. The van der Waals surface area contributed by atoms with E-state index in [0.29, 0.717) is 12.1 Å². The fraction of sp³-hybridized carbons (Fsp3) is 0.958. The molecule has 1 saturated heterocycles. The summed E-state index contributed by atoms with van der Waals surface area (Å²) in [5.41, 5.74) is 0. The summed E-state index contributed by atoms with van der Waals surface area (Å²) >= 11 is 0. The Morgan fingerprint density at radius 2 is 1.60 bits per heavy atom. The van der Waals surface area contributed by atoms with Crippen LogP contribution in [0.25, 0.3) is 0 Å². The zero-order chi connectivity index (χ0) is 20.2. The van der Waals surface area contributed by atoms with E-state index < -0.39 is 0 Å². The van der Waals surface area contributed by atoms with E-state index >= 15 is 0 Å². The van der Waals surface area contributed by atoms with E-state index in [0.717, 1.165) is 38.1 Å². The third-order valence-corrected chi connectivity index (χ3v) is 7.03. The Morgan fingerprint density at radius 1 is 0.900 bits per heavy atom. The summed E-state index contributed by atoms with van der Waals surface area (Å²) in [6.07, 6.45) is 19.0. The Kier molecular flexibility index (Phi) is 13.7. The molecule has 176 valence electrons. The fourth-order valence-corrected chi connectivity index (χ4v) is 5.26. The van der Waals surface area contributed by atoms with E-state index in [1.165, 1.54) is 96.6 Å². The van der Waals surface area contributed by atoms with Crippen molar-refractivity contribution in [3.8, 4) is 0 Å². The van der Waals surface area contributed by atoms with Gasteiger partial charge in [-0.25, -0.2) is 0 Å². The van der Waals surface area contributed by atoms with Crippen LogP contribution in [0.1, 0.15) is 96.8 Å². The van der Waals surface area contributed by atoms with Gasteiger partial charge in [0.05, 0.1) is 6.10 Å². The van der Waals surface area contributed by atoms with Crippen molar-refractivity contribution in [3.63, 3.8) is 0 Å². The number of piperidine rings is 1. The van der Waals surface area contributed by atoms with Gasteiger partial charge in [0.2, 0.25) is 0 Å². The molecule has 6 heteroatoms. The number of hydrogen-bond acceptors (Lipinski definition) is 3. The largest absolute Gasteiger partial charge is 0.378 e. The molecule has 0 aromatic carbocycles. The highest BCUT2D eigenvalue weighted by atomic mass is 127. The Labute approximate surface area is 202 Å². The molecule has 1 heterocycles. The number of ether oxygens (including phenoxy) is 1. The molecule has 0 amide bonds. The van der Waals surface area contributed by atoms with Crippen LogP contribution in [0.2, 0.25) is 0 Å². The van der Waals surface area contributed by atoms with E-state index in [1.807, 2.05) is 0 Å². The average Bonchev–Trinajstić information content (AvgIpc) is 3.29. The van der Waals surface area contributed by atoms with Gasteiger partial charge >= 0.3 is 0 Å². The smallest absolute Gasteiger partial charge is 0.191 e. The summed E-state index contributed by atoms with van der Waals surface area (Å²) in [6.45, 7) is 7.45. The molecule has 3 fully saturated rings. The van der Waals surface area contributed by atoms with Crippen LogP contribution in [0.15, 0.2) is 4.99 Å². The molecule has 2 aliphatic carbocycles. The Bertz CT molecular complexity index is 456. The minimum atomic E-state index is 0. The second kappa shape index (κ2) is 15.7. The van der Waals surface area contributed by atoms with Crippen LogP contribution in [0.3, 0.4) is 0 Å². The van der Waals surface area contributed by atoms with Gasteiger partial charge in [0.1, 0.15) is 0 Å². The number of likely N-dealkylation sites (tertiary alicyclic amines) is 1. The molecule has 0 spiro atoms. The third kappa shape index (κ3) is 9.60. The summed E-state index contributed by atoms with van der Waals surface area (Å²) < 4.78 is 6.03. The third-order valence-electron chi connectivity index (χ3n) is 7.03. The highest BCUT2D eigenvalue weighted by Gasteiger charge is 2.27. The molecule has 0 aromatic rings. The number of guanidine groups is 1. The number of hydrogen-bond donors (Lipinski definition) is 2. The van der Waals surface area contributed by atoms with Crippen LogP contribution in [0.5, 0.6) is 0 Å². The first-order valence-corrected chi connectivity index (χ1v) is 12.8. The van der Waals surface area contributed by atoms with Gasteiger partial charge in [-0.15, -0.1) is 24.0 Å². The number of nitrogens with one attached hydrogen (secondary N) is 2. The molecule has 0 unspecified atom stereocenters. The molecule has 1 aliphatic heterocycles. The van der Waals surface area contributed by atoms with Crippen LogP contribution in [0.4, 0.5) is 0 Å². The molecule has 2 N–H and O–H groups in total. The molecule has 5 nitrogen and oxygen atoms in total. The van der Waals surface area contributed by atoms with Crippen molar-refractivity contribution >= 4 is 29.9 Å². The zero-order valence-electron chi connectivity index (χ0n) is 19.4. The number of unbranched alkanes of at least 4 members (excludes halogenated alkanes) is 2. The van der Waals surface area contributed by atoms with Gasteiger partial charge in [-0.05, 0) is 64.7 Å². The second-order valence-corrected chi connectivity index (χ2v) is 9.34. The predicted octanol–water partition coefficient (Wildman–Crippen LogP) is 5.09. The van der Waals surface area contributed by atoms with Gasteiger partial charge < -0.3 is 20.3 Å². The van der Waals surface area contributed by atoms with E-state index in [1.54, 1.807) is 0 Å². The van der Waals surface area contributed by atoms with Crippen molar-refractivity contribution in [2.45, 2.75) is 115 Å². The standard InChI is InChI=1S/C24H46N4O.HI/c1-2-25-24(26-17-9-4-10-20-29-23-13-5-3-6-14-23)27-21-15-18-28(19-16-21)22-11-7-8-12-22;/h21-23H,2-20H2,1H3,(H2,25,26,27);1H. The summed E-state index contributed by atoms with van der Waals surface area (Å²) in [5, 5.41) is 7.14. The Morgan fingerprint density at radius 3 is 2.30 bits per heavy atom. The highest BCUT2D eigenvalue weighted by molar-refractivity contribution is 14.0. The van der Waals surface area contributed by atoms with E-state index in [-0.39, 0.29) is 24.0 Å². The maximum atomic E-state index is 6.03. The Hall–Kier alpha value is -0.0800. The molecule has 0 atom stereocenters. The maximum Gasteiger partial charge on any atom is 0.191 e. The van der Waals surface area contributed by atoms with Gasteiger partial charge in [0.15, 0.2) is 5.96 Å². The summed E-state index contributed by atoms with van der Waals surface area (Å²) in [7, 11) is 0. The number of halogens is 1. The van der Waals surface area contributed by atoms with Crippen LogP contribution in [-0.2, 0) is 4.74 Å². The number of nitrogens with zero attached hydrogens (tertiary/aromatic N) is 2. The zero-order valence-corrected chi connectivity index (χ0v) is 21.7. The maximum absolute atomic E-state index is 6.03. The summed E-state index contributed by atoms with van der Waals surface area (Å²) in [4.78, 5) is 7.57. The average molecular weight is 535 g/mol. The van der Waals surface area contributed by atoms with Crippen LogP contribution >= 0.6 is 24.0 Å². The topological polar surface area (TPSA) is 48.9 Å². The summed E-state index contributed by atoms with van der Waals surface area (Å²) in [5.74, 6) is 1.02. The molecule has 0 aromatic heterocycles. The lowest BCUT2D eigenvalue weighted by atomic mass is 9.98. The molecule has 3 aliphatic rings. The van der Waals surface area contributed by atoms with Crippen molar-refractivity contribution in [1.82, 2.24) is 15.5 Å². The van der Waals surface area contributed by atoms with Gasteiger partial charge in [0.25, 0.3) is 0 Å². The SMILES string of the molecule is CCNC(=NCCCCCOC1CCCCC1)NC1CCN(C2CCCC2)CC1.I. The molecule has 0 bridgehead atoms. The van der Waals surface area contributed by atoms with Crippen LogP contribution in [-0.4, -0.2) is 61.8 Å². The van der Waals surface area contributed by atoms with E-state index in [9.17, 15) is 0 Å². The van der Waals surface area contributed by atoms with Gasteiger partial charge in [-0.2, -0.15) is 0 Å². The normalized spacial score (nSPS) is 22.8. The number of rotatable bonds is 10. The second-order valence-electron chi connectivity index (χ2n) is 9.34. The molecule has 30 heavy (non-hydrogen) atoms. The first kappa shape index (κ1) is 26.2. The Balaban J connectivity index is 0.00000320. The van der Waals surface area contributed by atoms with E-state index in [2.05, 4.69) is 22.5 Å². The summed E-state index contributed by atoms with van der Waals surface area (Å²) in [6, 6.07) is 1.45. The highest BCUT2D eigenvalue weighted by Crippen LogP contribution is 2.26. The van der Waals surface area contributed by atoms with Crippen molar-refractivity contribution in [1.29, 1.82) is 0 Å². The fourth-order valence-electron chi connectivity index (χ4n) is 5.26. The first-order chi connectivity index (χ1) is 14.3. The van der Waals surface area contributed by atoms with Crippen molar-refractivity contribution in [2.24, 2.45) is 4.99 Å². The van der Waals surface area contributed by atoms with Crippen LogP contribution < -0.4 is 10.6 Å². The molecular formula is C24H47IN4O. The monoisotopic (exact) mass is 534 g/mol. The van der Waals surface area contributed by atoms with Gasteiger partial charge in [-0.3, -0.25) is 4.99 Å². The van der Waals surface area contributed by atoms with Crippen molar-refractivity contribution in [2.75, 3.05) is 32.8 Å². The van der Waals surface area contributed by atoms with Gasteiger partial charge in [-0.1, -0.05) is 32.1 Å². The minimum absolute atomic E-state index is 0. The van der Waals surface area contributed by atoms with Crippen molar-refractivity contribution in [3.05, 3.63) is 0 Å². The van der Waals surface area contributed by atoms with E-state index in [4.69, 9.17) is 9.73 Å². The minimum Gasteiger partial charge on any atom is -0.378 e. The number of aliphatic imine (C=N–C) groups is 1. The lowest BCUT2D eigenvalue weighted by Crippen LogP contribution is -2.50. The molecule has 0 radical (unpaired) electrons.